The highest BCUT2D eigenvalue weighted by atomic mass is 35.5. The SMILES string of the molecule is CN1C[C@H]2C[C@@H]1CN2CC(=O)Nc1cc(Nc2cc(-c3cc(Cl)ccc3F)nnc2SCCO[Si](C)(C)C(C)(C)C)ccn1. The molecule has 2 fully saturated rings. The van der Waals surface area contributed by atoms with E-state index in [1.165, 1.54) is 30.0 Å². The van der Waals surface area contributed by atoms with Crippen LogP contribution in [-0.2, 0) is 9.22 Å². The Hall–Kier alpha value is -2.61. The number of fused-ring (bicyclic) bond motifs is 2. The smallest absolute Gasteiger partial charge is 0.239 e. The predicted molar refractivity (Wildman–Crippen MR) is 179 cm³/mol. The van der Waals surface area contributed by atoms with Crippen molar-refractivity contribution in [3.63, 3.8) is 0 Å². The number of pyridine rings is 1. The Morgan fingerprint density at radius 2 is 1.95 bits per heavy atom. The van der Waals surface area contributed by atoms with E-state index in [4.69, 9.17) is 16.0 Å². The molecule has 2 bridgehead atoms. The maximum absolute atomic E-state index is 14.7. The molecular weight excluding hydrogens is 617 g/mol. The number of benzene rings is 1. The highest BCUT2D eigenvalue weighted by Crippen LogP contribution is 2.37. The van der Waals surface area contributed by atoms with Crippen molar-refractivity contribution in [1.29, 1.82) is 0 Å². The summed E-state index contributed by atoms with van der Waals surface area (Å²) in [5.41, 5.74) is 1.95. The zero-order chi connectivity index (χ0) is 31.6. The minimum absolute atomic E-state index is 0.0906. The van der Waals surface area contributed by atoms with Crippen LogP contribution in [0.4, 0.5) is 21.6 Å². The van der Waals surface area contributed by atoms with Gasteiger partial charge < -0.3 is 20.0 Å². The number of piperazine rings is 1. The summed E-state index contributed by atoms with van der Waals surface area (Å²) in [6, 6.07) is 10.7. The van der Waals surface area contributed by atoms with Gasteiger partial charge in [0.15, 0.2) is 8.32 Å². The fraction of sp³-hybridized carbons (Fsp3) is 0.484. The number of likely N-dealkylation sites (tertiary alicyclic amines) is 2. The molecule has 2 aliphatic heterocycles. The first kappa shape index (κ1) is 32.8. The van der Waals surface area contributed by atoms with Crippen molar-refractivity contribution in [3.05, 3.63) is 53.4 Å². The summed E-state index contributed by atoms with van der Waals surface area (Å²) in [5, 5.41) is 16.3. The van der Waals surface area contributed by atoms with Crippen molar-refractivity contribution < 1.29 is 13.6 Å². The summed E-state index contributed by atoms with van der Waals surface area (Å²) in [7, 11) is 0.256. The van der Waals surface area contributed by atoms with Gasteiger partial charge in [0.05, 0.1) is 17.9 Å². The number of thioether (sulfide) groups is 1. The lowest BCUT2D eigenvalue weighted by Crippen LogP contribution is -2.47. The van der Waals surface area contributed by atoms with Gasteiger partial charge in [0.1, 0.15) is 16.7 Å². The topological polar surface area (TPSA) is 95.5 Å². The van der Waals surface area contributed by atoms with E-state index in [9.17, 15) is 9.18 Å². The molecule has 3 aromatic rings. The third-order valence-electron chi connectivity index (χ3n) is 8.84. The number of carbonyl (C=O) groups excluding carboxylic acids is 1. The van der Waals surface area contributed by atoms with Crippen LogP contribution in [-0.4, -0.2) is 90.3 Å². The van der Waals surface area contributed by atoms with Crippen molar-refractivity contribution in [2.24, 2.45) is 0 Å². The molecule has 2 saturated heterocycles. The fourth-order valence-corrected chi connectivity index (χ4v) is 7.38. The molecule has 44 heavy (non-hydrogen) atoms. The Morgan fingerprint density at radius 1 is 1.16 bits per heavy atom. The minimum atomic E-state index is -1.89. The lowest BCUT2D eigenvalue weighted by atomic mass is 10.1. The number of likely N-dealkylation sites (N-methyl/N-ethyl adjacent to an activating group) is 1. The molecule has 9 nitrogen and oxygen atoms in total. The number of rotatable bonds is 11. The van der Waals surface area contributed by atoms with Gasteiger partial charge in [-0.3, -0.25) is 9.69 Å². The van der Waals surface area contributed by atoms with E-state index in [1.54, 1.807) is 24.4 Å². The second kappa shape index (κ2) is 13.4. The zero-order valence-electron chi connectivity index (χ0n) is 26.2. The number of hydrogen-bond donors (Lipinski definition) is 2. The van der Waals surface area contributed by atoms with Gasteiger partial charge in [-0.25, -0.2) is 9.37 Å². The lowest BCUT2D eigenvalue weighted by molar-refractivity contribution is -0.117. The first-order valence-electron chi connectivity index (χ1n) is 14.9. The van der Waals surface area contributed by atoms with Crippen molar-refractivity contribution >= 4 is 54.8 Å². The molecule has 1 aromatic carbocycles. The Kier molecular flexibility index (Phi) is 9.98. The van der Waals surface area contributed by atoms with E-state index >= 15 is 0 Å². The number of nitrogens with one attached hydrogen (secondary N) is 2. The molecule has 5 rings (SSSR count). The Labute approximate surface area is 269 Å². The van der Waals surface area contributed by atoms with Gasteiger partial charge in [0.2, 0.25) is 5.91 Å². The number of nitrogens with zero attached hydrogens (tertiary/aromatic N) is 5. The average Bonchev–Trinajstić information content (AvgIpc) is 3.51. The van der Waals surface area contributed by atoms with Crippen LogP contribution in [0.2, 0.25) is 23.2 Å². The molecule has 1 amide bonds. The third kappa shape index (κ3) is 7.78. The number of hydrogen-bond acceptors (Lipinski definition) is 9. The van der Waals surface area contributed by atoms with Gasteiger partial charge in [-0.2, -0.15) is 0 Å². The number of anilines is 3. The van der Waals surface area contributed by atoms with Crippen molar-refractivity contribution in [2.45, 2.75) is 62.4 Å². The number of halogens is 2. The van der Waals surface area contributed by atoms with Crippen molar-refractivity contribution in [1.82, 2.24) is 25.0 Å². The van der Waals surface area contributed by atoms with E-state index in [1.807, 2.05) is 0 Å². The summed E-state index contributed by atoms with van der Waals surface area (Å²) < 4.78 is 21.1. The number of aromatic nitrogens is 3. The summed E-state index contributed by atoms with van der Waals surface area (Å²) >= 11 is 7.68. The first-order chi connectivity index (χ1) is 20.8. The first-order valence-corrected chi connectivity index (χ1v) is 19.1. The molecule has 236 valence electrons. The molecular formula is C31H41ClFN7O2SSi. The van der Waals surface area contributed by atoms with E-state index in [2.05, 4.69) is 76.5 Å². The van der Waals surface area contributed by atoms with Crippen LogP contribution in [0.1, 0.15) is 27.2 Å². The Balaban J connectivity index is 1.31. The monoisotopic (exact) mass is 657 g/mol. The van der Waals surface area contributed by atoms with E-state index in [0.717, 1.165) is 19.5 Å². The molecule has 0 spiro atoms. The maximum atomic E-state index is 14.7. The van der Waals surface area contributed by atoms with Gasteiger partial charge in [-0.1, -0.05) is 32.4 Å². The molecule has 2 aliphatic rings. The molecule has 2 aromatic heterocycles. The second-order valence-electron chi connectivity index (χ2n) is 13.0. The second-order valence-corrected chi connectivity index (χ2v) is 19.4. The Morgan fingerprint density at radius 3 is 2.66 bits per heavy atom. The molecule has 0 aliphatic carbocycles. The molecule has 13 heteroatoms. The highest BCUT2D eigenvalue weighted by molar-refractivity contribution is 7.99. The molecule has 4 heterocycles. The van der Waals surface area contributed by atoms with E-state index in [0.29, 0.717) is 63.9 Å². The van der Waals surface area contributed by atoms with Gasteiger partial charge in [0, 0.05) is 66.1 Å². The predicted octanol–water partition coefficient (Wildman–Crippen LogP) is 6.52. The lowest BCUT2D eigenvalue weighted by Gasteiger charge is -2.36. The van der Waals surface area contributed by atoms with Gasteiger partial charge in [-0.05, 0) is 61.9 Å². The zero-order valence-corrected chi connectivity index (χ0v) is 28.7. The quantitative estimate of drug-likeness (QED) is 0.136. The standard InChI is InChI=1S/C31H41ClFN7O2SSi/c1-31(2,3)44(5,6)42-11-12-43-30-27(16-26(37-38-30)24-13-20(32)7-8-25(24)33)35-21-9-10-34-28(14-21)36-29(41)19-40-18-22-15-23(40)17-39(22)4/h7-10,13-14,16,22-23H,11-12,15,17-19H2,1-6H3,(H2,34,35,36,37,41)/t22-,23-/m1/s1. The third-order valence-corrected chi connectivity index (χ3v) is 14.6. The molecule has 2 atom stereocenters. The highest BCUT2D eigenvalue weighted by Gasteiger charge is 2.41. The molecule has 0 radical (unpaired) electrons. The van der Waals surface area contributed by atoms with Gasteiger partial charge in [0.25, 0.3) is 0 Å². The van der Waals surface area contributed by atoms with E-state index < -0.39 is 14.1 Å². The van der Waals surface area contributed by atoms with Crippen molar-refractivity contribution in [3.8, 4) is 11.3 Å². The molecule has 0 unspecified atom stereocenters. The summed E-state index contributed by atoms with van der Waals surface area (Å²) in [5.74, 6) is 0.588. The van der Waals surface area contributed by atoms with Gasteiger partial charge >= 0.3 is 0 Å². The van der Waals surface area contributed by atoms with Crippen LogP contribution < -0.4 is 10.6 Å². The summed E-state index contributed by atoms with van der Waals surface area (Å²) in [6.07, 6.45) is 2.75. The molecule has 0 saturated carbocycles. The van der Waals surface area contributed by atoms with Crippen LogP contribution in [0.3, 0.4) is 0 Å². The summed E-state index contributed by atoms with van der Waals surface area (Å²) in [4.78, 5) is 21.9. The largest absolute Gasteiger partial charge is 0.416 e. The number of carbonyl (C=O) groups is 1. The maximum Gasteiger partial charge on any atom is 0.239 e. The average molecular weight is 658 g/mol. The van der Waals surface area contributed by atoms with Crippen LogP contribution in [0, 0.1) is 5.82 Å². The molecule has 2 N–H and O–H groups in total. The van der Waals surface area contributed by atoms with Crippen LogP contribution in [0.25, 0.3) is 11.3 Å². The van der Waals surface area contributed by atoms with Crippen LogP contribution in [0.15, 0.2) is 47.6 Å². The number of amides is 1. The fourth-order valence-electron chi connectivity index (χ4n) is 5.29. The van der Waals surface area contributed by atoms with E-state index in [-0.39, 0.29) is 16.5 Å². The van der Waals surface area contributed by atoms with Crippen LogP contribution in [0.5, 0.6) is 0 Å². The van der Waals surface area contributed by atoms with Gasteiger partial charge in [-0.15, -0.1) is 22.0 Å². The Bertz CT molecular complexity index is 1510. The summed E-state index contributed by atoms with van der Waals surface area (Å²) in [6.45, 7) is 13.9. The van der Waals surface area contributed by atoms with Crippen molar-refractivity contribution in [2.75, 3.05) is 49.7 Å². The van der Waals surface area contributed by atoms with Crippen LogP contribution >= 0.6 is 23.4 Å². The normalized spacial score (nSPS) is 19.0. The minimum Gasteiger partial charge on any atom is -0.416 e.